The van der Waals surface area contributed by atoms with Crippen molar-refractivity contribution in [3.8, 4) is 0 Å². The third-order valence-corrected chi connectivity index (χ3v) is 3.85. The van der Waals surface area contributed by atoms with E-state index >= 15 is 0 Å². The SMILES string of the molecule is O=C(NCC1(O)CCCCCC1)C1CNCCO1. The zero-order valence-corrected chi connectivity index (χ0v) is 10.9. The highest BCUT2D eigenvalue weighted by molar-refractivity contribution is 5.81. The summed E-state index contributed by atoms with van der Waals surface area (Å²) < 4.78 is 5.38. The molecule has 1 aliphatic carbocycles. The van der Waals surface area contributed by atoms with Crippen LogP contribution < -0.4 is 10.6 Å². The quantitative estimate of drug-likeness (QED) is 0.630. The van der Waals surface area contributed by atoms with Crippen LogP contribution >= 0.6 is 0 Å². The Labute approximate surface area is 108 Å². The van der Waals surface area contributed by atoms with E-state index < -0.39 is 11.7 Å². The summed E-state index contributed by atoms with van der Waals surface area (Å²) in [5.41, 5.74) is -0.714. The van der Waals surface area contributed by atoms with E-state index in [1.54, 1.807) is 0 Å². The number of hydrogen-bond acceptors (Lipinski definition) is 4. The molecule has 1 heterocycles. The predicted molar refractivity (Wildman–Crippen MR) is 68.3 cm³/mol. The molecule has 5 heteroatoms. The van der Waals surface area contributed by atoms with E-state index in [4.69, 9.17) is 4.74 Å². The van der Waals surface area contributed by atoms with Gasteiger partial charge in [0.25, 0.3) is 5.91 Å². The Kier molecular flexibility index (Phi) is 4.97. The third kappa shape index (κ3) is 3.93. The summed E-state index contributed by atoms with van der Waals surface area (Å²) in [5, 5.41) is 16.4. The number of nitrogens with one attached hydrogen (secondary N) is 2. The van der Waals surface area contributed by atoms with Crippen LogP contribution in [0.25, 0.3) is 0 Å². The lowest BCUT2D eigenvalue weighted by atomic mass is 9.94. The van der Waals surface area contributed by atoms with Crippen molar-refractivity contribution in [1.29, 1.82) is 0 Å². The second-order valence-corrected chi connectivity index (χ2v) is 5.42. The monoisotopic (exact) mass is 256 g/mol. The molecule has 1 saturated carbocycles. The van der Waals surface area contributed by atoms with E-state index in [2.05, 4.69) is 10.6 Å². The first kappa shape index (κ1) is 13.8. The lowest BCUT2D eigenvalue weighted by molar-refractivity contribution is -0.135. The molecule has 18 heavy (non-hydrogen) atoms. The van der Waals surface area contributed by atoms with Gasteiger partial charge in [-0.1, -0.05) is 25.7 Å². The van der Waals surface area contributed by atoms with Crippen molar-refractivity contribution in [2.24, 2.45) is 0 Å². The molecule has 1 unspecified atom stereocenters. The van der Waals surface area contributed by atoms with Gasteiger partial charge in [0.2, 0.25) is 0 Å². The molecule has 2 aliphatic rings. The highest BCUT2D eigenvalue weighted by atomic mass is 16.5. The zero-order chi connectivity index (χ0) is 12.8. The summed E-state index contributed by atoms with van der Waals surface area (Å²) in [6.07, 6.45) is 5.64. The Morgan fingerprint density at radius 1 is 1.33 bits per heavy atom. The zero-order valence-electron chi connectivity index (χ0n) is 10.9. The molecule has 1 aliphatic heterocycles. The topological polar surface area (TPSA) is 70.6 Å². The minimum atomic E-state index is -0.714. The molecule has 0 bridgehead atoms. The molecule has 3 N–H and O–H groups in total. The van der Waals surface area contributed by atoms with Crippen molar-refractivity contribution >= 4 is 5.91 Å². The van der Waals surface area contributed by atoms with Gasteiger partial charge >= 0.3 is 0 Å². The number of carbonyl (C=O) groups excluding carboxylic acids is 1. The number of morpholine rings is 1. The highest BCUT2D eigenvalue weighted by Crippen LogP contribution is 2.26. The van der Waals surface area contributed by atoms with Crippen LogP contribution in [0.4, 0.5) is 0 Å². The molecule has 2 rings (SSSR count). The van der Waals surface area contributed by atoms with E-state index in [-0.39, 0.29) is 5.91 Å². The first-order valence-corrected chi connectivity index (χ1v) is 7.02. The van der Waals surface area contributed by atoms with E-state index in [9.17, 15) is 9.90 Å². The molecule has 1 saturated heterocycles. The number of carbonyl (C=O) groups is 1. The molecule has 1 atom stereocenters. The van der Waals surface area contributed by atoms with Gasteiger partial charge < -0.3 is 20.5 Å². The second kappa shape index (κ2) is 6.50. The summed E-state index contributed by atoms with van der Waals surface area (Å²) in [6, 6.07) is 0. The molecule has 0 radical (unpaired) electrons. The minimum Gasteiger partial charge on any atom is -0.388 e. The standard InChI is InChI=1S/C13H24N2O3/c16-12(11-9-14-7-8-18-11)15-10-13(17)5-3-1-2-4-6-13/h11,14,17H,1-10H2,(H,15,16). The molecule has 0 aromatic carbocycles. The average Bonchev–Trinajstić information content (AvgIpc) is 2.62. The van der Waals surface area contributed by atoms with Crippen LogP contribution in [0.2, 0.25) is 0 Å². The van der Waals surface area contributed by atoms with Crippen LogP contribution in [-0.4, -0.2) is 49.0 Å². The first-order chi connectivity index (χ1) is 8.70. The largest absolute Gasteiger partial charge is 0.388 e. The lowest BCUT2D eigenvalue weighted by Gasteiger charge is -2.29. The van der Waals surface area contributed by atoms with Crippen molar-refractivity contribution in [2.75, 3.05) is 26.2 Å². The second-order valence-electron chi connectivity index (χ2n) is 5.42. The van der Waals surface area contributed by atoms with Gasteiger partial charge in [-0.2, -0.15) is 0 Å². The molecule has 0 aromatic rings. The van der Waals surface area contributed by atoms with Crippen LogP contribution in [0.15, 0.2) is 0 Å². The van der Waals surface area contributed by atoms with E-state index in [0.29, 0.717) is 19.7 Å². The fourth-order valence-corrected chi connectivity index (χ4v) is 2.66. The fourth-order valence-electron chi connectivity index (χ4n) is 2.66. The van der Waals surface area contributed by atoms with Crippen molar-refractivity contribution in [3.05, 3.63) is 0 Å². The highest BCUT2D eigenvalue weighted by Gasteiger charge is 2.30. The molecule has 1 amide bonds. The number of hydrogen-bond donors (Lipinski definition) is 3. The minimum absolute atomic E-state index is 0.111. The van der Waals surface area contributed by atoms with Gasteiger partial charge in [0, 0.05) is 19.6 Å². The molecular formula is C13H24N2O3. The Balaban J connectivity index is 1.76. The van der Waals surface area contributed by atoms with Gasteiger partial charge in [0.05, 0.1) is 12.2 Å². The van der Waals surface area contributed by atoms with Gasteiger partial charge in [-0.05, 0) is 12.8 Å². The lowest BCUT2D eigenvalue weighted by Crippen LogP contribution is -2.51. The first-order valence-electron chi connectivity index (χ1n) is 7.02. The average molecular weight is 256 g/mol. The molecule has 0 aromatic heterocycles. The summed E-state index contributed by atoms with van der Waals surface area (Å²) in [7, 11) is 0. The van der Waals surface area contributed by atoms with Crippen molar-refractivity contribution < 1.29 is 14.6 Å². The summed E-state index contributed by atoms with van der Waals surface area (Å²) in [4.78, 5) is 11.9. The molecule has 104 valence electrons. The molecule has 5 nitrogen and oxygen atoms in total. The van der Waals surface area contributed by atoms with Gasteiger partial charge in [-0.15, -0.1) is 0 Å². The van der Waals surface area contributed by atoms with Crippen LogP contribution in [0.1, 0.15) is 38.5 Å². The van der Waals surface area contributed by atoms with Gasteiger partial charge in [0.15, 0.2) is 0 Å². The van der Waals surface area contributed by atoms with Crippen LogP contribution in [0, 0.1) is 0 Å². The Morgan fingerprint density at radius 3 is 2.67 bits per heavy atom. The number of ether oxygens (including phenoxy) is 1. The summed E-state index contributed by atoms with van der Waals surface area (Å²) >= 11 is 0. The number of amides is 1. The Morgan fingerprint density at radius 2 is 2.06 bits per heavy atom. The maximum Gasteiger partial charge on any atom is 0.250 e. The number of aliphatic hydroxyl groups is 1. The van der Waals surface area contributed by atoms with E-state index in [1.165, 1.54) is 12.8 Å². The molecular weight excluding hydrogens is 232 g/mol. The molecule has 2 fully saturated rings. The summed E-state index contributed by atoms with van der Waals surface area (Å²) in [5.74, 6) is -0.111. The maximum atomic E-state index is 11.9. The van der Waals surface area contributed by atoms with Crippen LogP contribution in [0.5, 0.6) is 0 Å². The smallest absolute Gasteiger partial charge is 0.250 e. The third-order valence-electron chi connectivity index (χ3n) is 3.85. The summed E-state index contributed by atoms with van der Waals surface area (Å²) in [6.45, 7) is 2.28. The fraction of sp³-hybridized carbons (Fsp3) is 0.923. The maximum absolute atomic E-state index is 11.9. The van der Waals surface area contributed by atoms with Crippen molar-refractivity contribution in [1.82, 2.24) is 10.6 Å². The normalized spacial score (nSPS) is 28.4. The van der Waals surface area contributed by atoms with Gasteiger partial charge in [0.1, 0.15) is 6.10 Å². The predicted octanol–water partition coefficient (Wildman–Crippen LogP) is 0.176. The van der Waals surface area contributed by atoms with E-state index in [0.717, 1.165) is 32.2 Å². The molecule has 0 spiro atoms. The van der Waals surface area contributed by atoms with Crippen molar-refractivity contribution in [2.45, 2.75) is 50.2 Å². The van der Waals surface area contributed by atoms with Crippen LogP contribution in [0.3, 0.4) is 0 Å². The Bertz CT molecular complexity index is 269. The van der Waals surface area contributed by atoms with Gasteiger partial charge in [-0.25, -0.2) is 0 Å². The van der Waals surface area contributed by atoms with E-state index in [1.807, 2.05) is 0 Å². The van der Waals surface area contributed by atoms with Gasteiger partial charge in [-0.3, -0.25) is 4.79 Å². The number of rotatable bonds is 3. The van der Waals surface area contributed by atoms with Crippen LogP contribution in [-0.2, 0) is 9.53 Å². The Hall–Kier alpha value is -0.650. The van der Waals surface area contributed by atoms with Crippen molar-refractivity contribution in [3.63, 3.8) is 0 Å².